The Morgan fingerprint density at radius 1 is 1.42 bits per heavy atom. The summed E-state index contributed by atoms with van der Waals surface area (Å²) >= 11 is 6.09. The van der Waals surface area contributed by atoms with Crippen LogP contribution in [0.25, 0.3) is 0 Å². The van der Waals surface area contributed by atoms with Crippen LogP contribution in [0.15, 0.2) is 29.2 Å². The van der Waals surface area contributed by atoms with E-state index in [1.165, 1.54) is 21.2 Å². The minimum atomic E-state index is 0.652. The van der Waals surface area contributed by atoms with Crippen LogP contribution in [0.4, 0.5) is 0 Å². The quantitative estimate of drug-likeness (QED) is 0.454. The first-order chi connectivity index (χ1) is 5.79. The maximum atomic E-state index is 3.16. The molecule has 12 heavy (non-hydrogen) atoms. The van der Waals surface area contributed by atoms with Crippen LogP contribution < -0.4 is 0 Å². The molecule has 0 fully saturated rings. The van der Waals surface area contributed by atoms with Gasteiger partial charge in [-0.3, -0.25) is 0 Å². The Hall–Kier alpha value is 0.673. The Balaban J connectivity index is 0.000000561. The van der Waals surface area contributed by atoms with E-state index in [0.717, 1.165) is 0 Å². The molecule has 0 radical (unpaired) electrons. The molecule has 0 spiro atoms. The average molecular weight is 297 g/mol. The normalized spacial score (nSPS) is 9.17. The number of thioether (sulfide) groups is 1. The third-order valence-electron chi connectivity index (χ3n) is 1.04. The third-order valence-corrected chi connectivity index (χ3v) is 2.02. The second-order valence-corrected chi connectivity index (χ2v) is 4.01. The van der Waals surface area contributed by atoms with Crippen LogP contribution in [-0.4, -0.2) is 5.25 Å². The van der Waals surface area contributed by atoms with Crippen molar-refractivity contribution in [2.24, 2.45) is 0 Å². The van der Waals surface area contributed by atoms with Crippen LogP contribution in [0.5, 0.6) is 0 Å². The molecule has 0 amide bonds. The van der Waals surface area contributed by atoms with E-state index in [4.69, 9.17) is 0 Å². The van der Waals surface area contributed by atoms with Crippen LogP contribution in [0, 0.1) is 6.07 Å². The molecule has 0 nitrogen and oxygen atoms in total. The van der Waals surface area contributed by atoms with E-state index in [0.29, 0.717) is 5.25 Å². The van der Waals surface area contributed by atoms with Crippen molar-refractivity contribution in [3.05, 3.63) is 30.3 Å². The van der Waals surface area contributed by atoms with Crippen LogP contribution in [0.3, 0.4) is 0 Å². The van der Waals surface area contributed by atoms with Gasteiger partial charge in [0.2, 0.25) is 0 Å². The predicted molar refractivity (Wildman–Crippen MR) is 55.2 cm³/mol. The molecule has 62 valence electrons. The van der Waals surface area contributed by atoms with E-state index >= 15 is 0 Å². The first-order valence-electron chi connectivity index (χ1n) is 3.69. The molecule has 0 saturated carbocycles. The Bertz CT molecular complexity index is 189. The van der Waals surface area contributed by atoms with Gasteiger partial charge in [0.15, 0.2) is 0 Å². The maximum absolute atomic E-state index is 3.16. The molecule has 0 atom stereocenters. The molecule has 0 bridgehead atoms. The number of benzene rings is 1. The molecule has 1 aromatic rings. The van der Waals surface area contributed by atoms with Crippen molar-refractivity contribution < 1.29 is 16.3 Å². The van der Waals surface area contributed by atoms with Crippen molar-refractivity contribution in [2.75, 3.05) is 0 Å². The van der Waals surface area contributed by atoms with Gasteiger partial charge in [0.25, 0.3) is 0 Å². The zero-order valence-corrected chi connectivity index (χ0v) is 12.7. The number of rotatable bonds is 2. The van der Waals surface area contributed by atoms with Crippen molar-refractivity contribution in [3.63, 3.8) is 0 Å². The summed E-state index contributed by atoms with van der Waals surface area (Å²) in [5.41, 5.74) is 0. The summed E-state index contributed by atoms with van der Waals surface area (Å²) in [6.45, 7) is 4.37. The molecule has 0 aliphatic carbocycles. The molecule has 0 N–H and O–H groups in total. The fourth-order valence-corrected chi connectivity index (χ4v) is 1.51. The molecule has 1 rings (SSSR count). The first-order valence-corrected chi connectivity index (χ1v) is 11.5. The van der Waals surface area contributed by atoms with Crippen molar-refractivity contribution >= 4 is 25.4 Å². The van der Waals surface area contributed by atoms with Gasteiger partial charge < -0.3 is 0 Å². The average Bonchev–Trinajstić information content (AvgIpc) is 2.08. The predicted octanol–water partition coefficient (Wildman–Crippen LogP) is 3.83. The van der Waals surface area contributed by atoms with Gasteiger partial charge in [0, 0.05) is 5.25 Å². The van der Waals surface area contributed by atoms with Crippen LogP contribution >= 0.6 is 25.4 Å². The van der Waals surface area contributed by atoms with E-state index in [1.54, 1.807) is 0 Å². The Morgan fingerprint density at radius 3 is 2.50 bits per heavy atom. The van der Waals surface area contributed by atoms with E-state index in [9.17, 15) is 0 Å². The van der Waals surface area contributed by atoms with Gasteiger partial charge in [0.1, 0.15) is 0 Å². The monoisotopic (exact) mass is 294 g/mol. The van der Waals surface area contributed by atoms with Gasteiger partial charge >= 0.3 is 30.0 Å². The summed E-state index contributed by atoms with van der Waals surface area (Å²) in [6.07, 6.45) is 0. The van der Waals surface area contributed by atoms with Gasteiger partial charge in [0.05, 0.1) is 0 Å². The molecule has 0 saturated heterocycles. The second kappa shape index (κ2) is 8.28. The Morgan fingerprint density at radius 2 is 2.08 bits per heavy atom. The summed E-state index contributed by atoms with van der Waals surface area (Å²) in [7, 11) is 0. The van der Waals surface area contributed by atoms with Crippen LogP contribution in [0.2, 0.25) is 0 Å². The molecule has 0 aromatic heterocycles. The standard InChI is InChI=1S/C9H11S.BrH.Zn/c1-8(2)10-9-6-4-3-5-7-9;;/h3-6,8H,1-2H3;1H;/q-1;;+2/p-1. The summed E-state index contributed by atoms with van der Waals surface area (Å²) in [5, 5.41) is 0.652. The van der Waals surface area contributed by atoms with Gasteiger partial charge in [-0.25, -0.2) is 0 Å². The van der Waals surface area contributed by atoms with E-state index in [-0.39, 0.29) is 0 Å². The molecule has 3 heteroatoms. The van der Waals surface area contributed by atoms with Crippen molar-refractivity contribution in [2.45, 2.75) is 24.0 Å². The molecule has 0 aliphatic rings. The zero-order chi connectivity index (χ0) is 9.40. The Labute approximate surface area is 95.6 Å². The zero-order valence-electron chi connectivity index (χ0n) is 7.38. The first kappa shape index (κ1) is 12.7. The third kappa shape index (κ3) is 6.22. The number of hydrogen-bond acceptors (Lipinski definition) is 1. The summed E-state index contributed by atoms with van der Waals surface area (Å²) in [5.74, 6) is 0. The topological polar surface area (TPSA) is 0 Å². The van der Waals surface area contributed by atoms with Crippen LogP contribution in [0.1, 0.15) is 13.8 Å². The van der Waals surface area contributed by atoms with Crippen molar-refractivity contribution in [3.8, 4) is 0 Å². The molecule has 0 heterocycles. The molecular weight excluding hydrogens is 285 g/mol. The number of hydrogen-bond donors (Lipinski definition) is 0. The number of halogens is 1. The van der Waals surface area contributed by atoms with Crippen molar-refractivity contribution in [1.29, 1.82) is 0 Å². The van der Waals surface area contributed by atoms with Crippen LogP contribution in [-0.2, 0) is 16.3 Å². The molecule has 0 aliphatic heterocycles. The van der Waals surface area contributed by atoms with E-state index < -0.39 is 0 Å². The molecular formula is C9H11BrSZn. The van der Waals surface area contributed by atoms with E-state index in [1.807, 2.05) is 30.0 Å². The minimum absolute atomic E-state index is 0.652. The fraction of sp³-hybridized carbons (Fsp3) is 0.333. The van der Waals surface area contributed by atoms with Gasteiger partial charge in [-0.2, -0.15) is 42.1 Å². The fourth-order valence-electron chi connectivity index (χ4n) is 0.704. The summed E-state index contributed by atoms with van der Waals surface area (Å²) < 4.78 is 0. The van der Waals surface area contributed by atoms with Gasteiger partial charge in [-0.1, -0.05) is 13.8 Å². The summed E-state index contributed by atoms with van der Waals surface area (Å²) in [4.78, 5) is 1.23. The second-order valence-electron chi connectivity index (χ2n) is 2.39. The molecule has 0 unspecified atom stereocenters. The van der Waals surface area contributed by atoms with Crippen molar-refractivity contribution in [1.82, 2.24) is 0 Å². The summed E-state index contributed by atoms with van der Waals surface area (Å²) in [6, 6.07) is 11.2. The SMILES string of the molecule is CC(C)Sc1[c-]cccc1.[Zn+][Br]. The van der Waals surface area contributed by atoms with E-state index in [2.05, 4.69) is 39.6 Å². The Kier molecular flexibility index (Phi) is 8.74. The van der Waals surface area contributed by atoms with Gasteiger partial charge in [-0.15, -0.1) is 4.90 Å². The molecule has 1 aromatic carbocycles. The van der Waals surface area contributed by atoms with Gasteiger partial charge in [-0.05, 0) is 0 Å².